The molecule has 14 heavy (non-hydrogen) atoms. The van der Waals surface area contributed by atoms with Crippen LogP contribution in [0, 0.1) is 0 Å². The summed E-state index contributed by atoms with van der Waals surface area (Å²) >= 11 is 0. The zero-order valence-electron chi connectivity index (χ0n) is 7.75. The molecule has 76 valence electrons. The van der Waals surface area contributed by atoms with E-state index in [2.05, 4.69) is 10.5 Å². The molecule has 0 fully saturated rings. The van der Waals surface area contributed by atoms with Gasteiger partial charge in [-0.25, -0.2) is 0 Å². The van der Waals surface area contributed by atoms with Crippen molar-refractivity contribution in [2.24, 2.45) is 0 Å². The lowest BCUT2D eigenvalue weighted by Gasteiger charge is -1.97. The van der Waals surface area contributed by atoms with Crippen molar-refractivity contribution in [2.45, 2.75) is 19.3 Å². The zero-order chi connectivity index (χ0) is 9.97. The van der Waals surface area contributed by atoms with Crippen molar-refractivity contribution in [2.75, 3.05) is 13.1 Å². The fourth-order valence-corrected chi connectivity index (χ4v) is 1.68. The van der Waals surface area contributed by atoms with Crippen LogP contribution in [0.2, 0.25) is 0 Å². The number of hydrogen-bond donors (Lipinski definition) is 2. The van der Waals surface area contributed by atoms with E-state index in [4.69, 9.17) is 9.63 Å². The first-order valence-electron chi connectivity index (χ1n) is 4.66. The molecular formula is C9H12N2O3. The highest BCUT2D eigenvalue weighted by atomic mass is 16.5. The van der Waals surface area contributed by atoms with Crippen LogP contribution < -0.4 is 5.32 Å². The van der Waals surface area contributed by atoms with Gasteiger partial charge in [0.15, 0.2) is 5.76 Å². The molecule has 1 aliphatic heterocycles. The maximum absolute atomic E-state index is 10.5. The number of nitrogens with zero attached hydrogens (tertiary/aromatic N) is 1. The third-order valence-corrected chi connectivity index (χ3v) is 2.35. The van der Waals surface area contributed by atoms with E-state index < -0.39 is 5.97 Å². The second-order valence-electron chi connectivity index (χ2n) is 3.35. The SMILES string of the molecule is O=C(O)Cc1onc2c1CCNCC2. The molecule has 1 aliphatic rings. The van der Waals surface area contributed by atoms with Crippen molar-refractivity contribution in [1.82, 2.24) is 10.5 Å². The Labute approximate surface area is 81.1 Å². The molecule has 5 nitrogen and oxygen atoms in total. The molecule has 0 aromatic carbocycles. The van der Waals surface area contributed by atoms with Gasteiger partial charge in [-0.3, -0.25) is 4.79 Å². The van der Waals surface area contributed by atoms with Crippen LogP contribution in [0.25, 0.3) is 0 Å². The molecule has 0 aliphatic carbocycles. The summed E-state index contributed by atoms with van der Waals surface area (Å²) < 4.78 is 5.03. The van der Waals surface area contributed by atoms with Gasteiger partial charge in [0.05, 0.1) is 5.69 Å². The largest absolute Gasteiger partial charge is 0.481 e. The summed E-state index contributed by atoms with van der Waals surface area (Å²) in [4.78, 5) is 10.5. The van der Waals surface area contributed by atoms with Crippen molar-refractivity contribution < 1.29 is 14.4 Å². The summed E-state index contributed by atoms with van der Waals surface area (Å²) in [5.74, 6) is -0.364. The van der Waals surface area contributed by atoms with Crippen LogP contribution in [0.4, 0.5) is 0 Å². The predicted molar refractivity (Wildman–Crippen MR) is 48.1 cm³/mol. The monoisotopic (exact) mass is 196 g/mol. The highest BCUT2D eigenvalue weighted by Crippen LogP contribution is 2.17. The molecule has 0 saturated heterocycles. The number of carboxylic acids is 1. The Kier molecular flexibility index (Phi) is 2.49. The third kappa shape index (κ3) is 1.77. The van der Waals surface area contributed by atoms with Crippen LogP contribution in [-0.4, -0.2) is 29.3 Å². The van der Waals surface area contributed by atoms with E-state index in [1.807, 2.05) is 0 Å². The van der Waals surface area contributed by atoms with E-state index in [1.165, 1.54) is 0 Å². The fraction of sp³-hybridized carbons (Fsp3) is 0.556. The van der Waals surface area contributed by atoms with Gasteiger partial charge in [-0.05, 0) is 13.0 Å². The molecule has 0 spiro atoms. The molecule has 2 heterocycles. The minimum Gasteiger partial charge on any atom is -0.481 e. The van der Waals surface area contributed by atoms with Gasteiger partial charge >= 0.3 is 5.97 Å². The number of aliphatic carboxylic acids is 1. The number of rotatable bonds is 2. The van der Waals surface area contributed by atoms with Crippen molar-refractivity contribution in [3.63, 3.8) is 0 Å². The number of nitrogens with one attached hydrogen (secondary N) is 1. The first-order valence-corrected chi connectivity index (χ1v) is 4.66. The quantitative estimate of drug-likeness (QED) is 0.695. The highest BCUT2D eigenvalue weighted by molar-refractivity contribution is 5.69. The van der Waals surface area contributed by atoms with E-state index in [9.17, 15) is 4.79 Å². The molecular weight excluding hydrogens is 184 g/mol. The topological polar surface area (TPSA) is 75.4 Å². The average Bonchev–Trinajstić information content (AvgIpc) is 2.37. The average molecular weight is 196 g/mol. The summed E-state index contributed by atoms with van der Waals surface area (Å²) in [6.45, 7) is 1.74. The summed E-state index contributed by atoms with van der Waals surface area (Å²) in [6.07, 6.45) is 1.56. The molecule has 1 aromatic heterocycles. The van der Waals surface area contributed by atoms with Crippen LogP contribution in [0.3, 0.4) is 0 Å². The van der Waals surface area contributed by atoms with Crippen LogP contribution in [-0.2, 0) is 24.1 Å². The van der Waals surface area contributed by atoms with E-state index in [0.29, 0.717) is 5.76 Å². The third-order valence-electron chi connectivity index (χ3n) is 2.35. The second kappa shape index (κ2) is 3.79. The fourth-order valence-electron chi connectivity index (χ4n) is 1.68. The Morgan fingerprint density at radius 2 is 2.29 bits per heavy atom. The van der Waals surface area contributed by atoms with Gasteiger partial charge in [0.25, 0.3) is 0 Å². The smallest absolute Gasteiger partial charge is 0.311 e. The van der Waals surface area contributed by atoms with Crippen LogP contribution in [0.15, 0.2) is 4.52 Å². The standard InChI is InChI=1S/C9H12N2O3/c12-9(13)5-8-6-1-3-10-4-2-7(6)11-14-8/h10H,1-5H2,(H,12,13). The Hall–Kier alpha value is -1.36. The maximum Gasteiger partial charge on any atom is 0.311 e. The van der Waals surface area contributed by atoms with Crippen LogP contribution in [0.5, 0.6) is 0 Å². The van der Waals surface area contributed by atoms with Crippen molar-refractivity contribution in [3.05, 3.63) is 17.0 Å². The van der Waals surface area contributed by atoms with Crippen molar-refractivity contribution in [3.8, 4) is 0 Å². The summed E-state index contributed by atoms with van der Waals surface area (Å²) in [7, 11) is 0. The van der Waals surface area contributed by atoms with Crippen molar-refractivity contribution >= 4 is 5.97 Å². The van der Waals surface area contributed by atoms with E-state index in [0.717, 1.165) is 37.2 Å². The molecule has 0 radical (unpaired) electrons. The van der Waals surface area contributed by atoms with Gasteiger partial charge in [0, 0.05) is 18.5 Å². The van der Waals surface area contributed by atoms with Crippen LogP contribution in [0.1, 0.15) is 17.0 Å². The Bertz CT molecular complexity index is 346. The number of fused-ring (bicyclic) bond motifs is 1. The summed E-state index contributed by atoms with van der Waals surface area (Å²) in [6, 6.07) is 0. The molecule has 0 unspecified atom stereocenters. The molecule has 0 amide bonds. The minimum absolute atomic E-state index is 0.0671. The maximum atomic E-state index is 10.5. The Balaban J connectivity index is 2.24. The number of carboxylic acid groups (broad SMARTS) is 1. The van der Waals surface area contributed by atoms with Gasteiger partial charge in [0.2, 0.25) is 0 Å². The van der Waals surface area contributed by atoms with Gasteiger partial charge in [-0.2, -0.15) is 0 Å². The van der Waals surface area contributed by atoms with Crippen molar-refractivity contribution in [1.29, 1.82) is 0 Å². The molecule has 0 saturated carbocycles. The minimum atomic E-state index is -0.874. The highest BCUT2D eigenvalue weighted by Gasteiger charge is 2.19. The lowest BCUT2D eigenvalue weighted by Crippen LogP contribution is -2.16. The number of aromatic nitrogens is 1. The Morgan fingerprint density at radius 1 is 1.50 bits per heavy atom. The van der Waals surface area contributed by atoms with Gasteiger partial charge in [-0.1, -0.05) is 5.16 Å². The number of hydrogen-bond acceptors (Lipinski definition) is 4. The molecule has 0 atom stereocenters. The molecule has 2 rings (SSSR count). The molecule has 5 heteroatoms. The Morgan fingerprint density at radius 3 is 3.07 bits per heavy atom. The second-order valence-corrected chi connectivity index (χ2v) is 3.35. The van der Waals surface area contributed by atoms with E-state index in [1.54, 1.807) is 0 Å². The summed E-state index contributed by atoms with van der Waals surface area (Å²) in [5, 5.41) is 15.8. The zero-order valence-corrected chi connectivity index (χ0v) is 7.75. The summed E-state index contributed by atoms with van der Waals surface area (Å²) in [5.41, 5.74) is 1.89. The van der Waals surface area contributed by atoms with Gasteiger partial charge < -0.3 is 14.9 Å². The van der Waals surface area contributed by atoms with Gasteiger partial charge in [-0.15, -0.1) is 0 Å². The molecule has 2 N–H and O–H groups in total. The normalized spacial score (nSPS) is 16.0. The first kappa shape index (κ1) is 9.21. The lowest BCUT2D eigenvalue weighted by atomic mass is 10.1. The lowest BCUT2D eigenvalue weighted by molar-refractivity contribution is -0.136. The molecule has 1 aromatic rings. The number of carbonyl (C=O) groups is 1. The van der Waals surface area contributed by atoms with Gasteiger partial charge in [0.1, 0.15) is 6.42 Å². The predicted octanol–water partition coefficient (Wildman–Crippen LogP) is -0.0101. The van der Waals surface area contributed by atoms with E-state index >= 15 is 0 Å². The molecule has 0 bridgehead atoms. The first-order chi connectivity index (χ1) is 6.77. The van der Waals surface area contributed by atoms with Crippen LogP contribution >= 0.6 is 0 Å². The van der Waals surface area contributed by atoms with E-state index in [-0.39, 0.29) is 6.42 Å².